The molecule has 0 aromatic heterocycles. The molecule has 0 radical (unpaired) electrons. The first-order valence-electron chi connectivity index (χ1n) is 11.5. The van der Waals surface area contributed by atoms with Crippen molar-refractivity contribution >= 4 is 41.1 Å². The van der Waals surface area contributed by atoms with Crippen LogP contribution in [0.2, 0.25) is 5.02 Å². The molecule has 0 bridgehead atoms. The van der Waals surface area contributed by atoms with Crippen molar-refractivity contribution in [3.05, 3.63) is 58.1 Å². The first-order chi connectivity index (χ1) is 15.7. The van der Waals surface area contributed by atoms with E-state index in [1.807, 2.05) is 56.0 Å². The fourth-order valence-corrected chi connectivity index (χ4v) is 5.82. The zero-order valence-corrected chi connectivity index (χ0v) is 21.1. The van der Waals surface area contributed by atoms with Crippen LogP contribution >= 0.6 is 23.4 Å². The standard InChI is InChI=1S/C26H31ClN2O3S/c1-26(2,3)32-25(31)28-14-11-18-9-10-21(27)24(20(18)12-15-28)33-16-6-13-29-22-8-5-4-7-19(22)17-23(29)30/h4-5,7-10H,6,11-17H2,1-3H3. The number of nitrogens with zero attached hydrogens (tertiary/aromatic N) is 2. The van der Waals surface area contributed by atoms with E-state index in [0.717, 1.165) is 46.2 Å². The van der Waals surface area contributed by atoms with Gasteiger partial charge in [0.05, 0.1) is 11.4 Å². The van der Waals surface area contributed by atoms with E-state index in [1.54, 1.807) is 16.7 Å². The molecule has 0 fully saturated rings. The maximum Gasteiger partial charge on any atom is 0.410 e. The highest BCUT2D eigenvalue weighted by Gasteiger charge is 2.27. The summed E-state index contributed by atoms with van der Waals surface area (Å²) in [6.07, 6.45) is 2.67. The van der Waals surface area contributed by atoms with Gasteiger partial charge in [0.1, 0.15) is 5.60 Å². The van der Waals surface area contributed by atoms with Gasteiger partial charge < -0.3 is 14.5 Å². The Morgan fingerprint density at radius 1 is 1.09 bits per heavy atom. The minimum Gasteiger partial charge on any atom is -0.444 e. The Morgan fingerprint density at radius 3 is 2.64 bits per heavy atom. The predicted octanol–water partition coefficient (Wildman–Crippen LogP) is 5.75. The molecular weight excluding hydrogens is 456 g/mol. The SMILES string of the molecule is CC(C)(C)OC(=O)N1CCc2ccc(Cl)c(SCCCN3C(=O)Cc4ccccc43)c2CC1. The molecule has 0 spiro atoms. The van der Waals surface area contributed by atoms with Gasteiger partial charge >= 0.3 is 6.09 Å². The summed E-state index contributed by atoms with van der Waals surface area (Å²) < 4.78 is 5.57. The molecule has 0 saturated heterocycles. The number of benzene rings is 2. The van der Waals surface area contributed by atoms with Crippen LogP contribution in [0.25, 0.3) is 0 Å². The molecule has 7 heteroatoms. The smallest absolute Gasteiger partial charge is 0.410 e. The fraction of sp³-hybridized carbons (Fsp3) is 0.462. The topological polar surface area (TPSA) is 49.9 Å². The number of hydrogen-bond donors (Lipinski definition) is 0. The van der Waals surface area contributed by atoms with E-state index in [1.165, 1.54) is 11.1 Å². The number of anilines is 1. The van der Waals surface area contributed by atoms with Gasteiger partial charge in [-0.3, -0.25) is 4.79 Å². The third-order valence-electron chi connectivity index (χ3n) is 5.94. The van der Waals surface area contributed by atoms with E-state index >= 15 is 0 Å². The minimum absolute atomic E-state index is 0.176. The van der Waals surface area contributed by atoms with Crippen LogP contribution in [-0.2, 0) is 28.8 Å². The normalized spacial score (nSPS) is 15.8. The number of carbonyl (C=O) groups is 2. The van der Waals surface area contributed by atoms with Gasteiger partial charge in [-0.05, 0) is 74.6 Å². The van der Waals surface area contributed by atoms with Crippen LogP contribution in [0.3, 0.4) is 0 Å². The quantitative estimate of drug-likeness (QED) is 0.399. The fourth-order valence-electron chi connectivity index (χ4n) is 4.39. The molecule has 0 atom stereocenters. The van der Waals surface area contributed by atoms with Gasteiger partial charge in [-0.2, -0.15) is 0 Å². The van der Waals surface area contributed by atoms with Crippen molar-refractivity contribution in [2.45, 2.75) is 57.0 Å². The Kier molecular flexibility index (Phi) is 7.25. The molecule has 2 aliphatic rings. The van der Waals surface area contributed by atoms with Gasteiger partial charge in [-0.1, -0.05) is 35.9 Å². The first kappa shape index (κ1) is 24.0. The summed E-state index contributed by atoms with van der Waals surface area (Å²) in [5, 5.41) is 0.757. The maximum absolute atomic E-state index is 12.6. The van der Waals surface area contributed by atoms with Crippen molar-refractivity contribution in [3.8, 4) is 0 Å². The zero-order valence-electron chi connectivity index (χ0n) is 19.5. The van der Waals surface area contributed by atoms with Crippen LogP contribution in [0.15, 0.2) is 41.3 Å². The van der Waals surface area contributed by atoms with Gasteiger partial charge in [0, 0.05) is 30.2 Å². The second-order valence-electron chi connectivity index (χ2n) is 9.53. The number of halogens is 1. The highest BCUT2D eigenvalue weighted by atomic mass is 35.5. The highest BCUT2D eigenvalue weighted by Crippen LogP contribution is 2.36. The van der Waals surface area contributed by atoms with Crippen molar-refractivity contribution in [1.29, 1.82) is 0 Å². The molecular formula is C26H31ClN2O3S. The van der Waals surface area contributed by atoms with Gasteiger partial charge in [-0.15, -0.1) is 11.8 Å². The Morgan fingerprint density at radius 2 is 1.85 bits per heavy atom. The summed E-state index contributed by atoms with van der Waals surface area (Å²) >= 11 is 8.36. The molecule has 2 aromatic carbocycles. The predicted molar refractivity (Wildman–Crippen MR) is 135 cm³/mol. The number of amides is 2. The summed E-state index contributed by atoms with van der Waals surface area (Å²) in [6.45, 7) is 7.64. The third-order valence-corrected chi connectivity index (χ3v) is 7.62. The van der Waals surface area contributed by atoms with Crippen molar-refractivity contribution in [2.75, 3.05) is 30.3 Å². The van der Waals surface area contributed by atoms with Crippen molar-refractivity contribution in [3.63, 3.8) is 0 Å². The first-order valence-corrected chi connectivity index (χ1v) is 12.9. The number of carbonyl (C=O) groups excluding carboxylic acids is 2. The second-order valence-corrected chi connectivity index (χ2v) is 11.0. The summed E-state index contributed by atoms with van der Waals surface area (Å²) in [5.41, 5.74) is 4.14. The molecule has 4 rings (SSSR count). The summed E-state index contributed by atoms with van der Waals surface area (Å²) in [4.78, 5) is 29.8. The van der Waals surface area contributed by atoms with Crippen LogP contribution in [-0.4, -0.2) is 47.9 Å². The number of thioether (sulfide) groups is 1. The molecule has 0 unspecified atom stereocenters. The van der Waals surface area contributed by atoms with Crippen LogP contribution in [0.5, 0.6) is 0 Å². The lowest BCUT2D eigenvalue weighted by atomic mass is 10.0. The third kappa shape index (κ3) is 5.67. The van der Waals surface area contributed by atoms with E-state index in [0.29, 0.717) is 26.1 Å². The van der Waals surface area contributed by atoms with Gasteiger partial charge in [0.15, 0.2) is 0 Å². The van der Waals surface area contributed by atoms with E-state index in [2.05, 4.69) is 6.07 Å². The number of rotatable bonds is 5. The van der Waals surface area contributed by atoms with Gasteiger partial charge in [0.25, 0.3) is 0 Å². The average Bonchev–Trinajstić information content (AvgIpc) is 2.92. The van der Waals surface area contributed by atoms with Gasteiger partial charge in [0.2, 0.25) is 5.91 Å². The van der Waals surface area contributed by atoms with Crippen molar-refractivity contribution in [1.82, 2.24) is 4.90 Å². The van der Waals surface area contributed by atoms with Gasteiger partial charge in [-0.25, -0.2) is 4.79 Å². The minimum atomic E-state index is -0.502. The molecule has 2 aromatic rings. The number of para-hydroxylation sites is 1. The van der Waals surface area contributed by atoms with Crippen LogP contribution in [0.4, 0.5) is 10.5 Å². The average molecular weight is 487 g/mol. The molecule has 2 heterocycles. The molecule has 176 valence electrons. The van der Waals surface area contributed by atoms with Crippen LogP contribution in [0.1, 0.15) is 43.9 Å². The molecule has 0 N–H and O–H groups in total. The highest BCUT2D eigenvalue weighted by molar-refractivity contribution is 7.99. The Labute approximate surface area is 205 Å². The maximum atomic E-state index is 12.6. The second kappa shape index (κ2) is 9.98. The number of hydrogen-bond acceptors (Lipinski definition) is 4. The monoisotopic (exact) mass is 486 g/mol. The Hall–Kier alpha value is -2.18. The molecule has 2 aliphatic heterocycles. The molecule has 0 saturated carbocycles. The van der Waals surface area contributed by atoms with E-state index in [9.17, 15) is 9.59 Å². The summed E-state index contributed by atoms with van der Waals surface area (Å²) in [6, 6.07) is 12.1. The zero-order chi connectivity index (χ0) is 23.6. The van der Waals surface area contributed by atoms with Crippen LogP contribution in [0, 0.1) is 0 Å². The Balaban J connectivity index is 1.37. The molecule has 5 nitrogen and oxygen atoms in total. The Bertz CT molecular complexity index is 1050. The summed E-state index contributed by atoms with van der Waals surface area (Å²) in [5.74, 6) is 1.05. The number of fused-ring (bicyclic) bond motifs is 2. The largest absolute Gasteiger partial charge is 0.444 e. The van der Waals surface area contributed by atoms with Crippen molar-refractivity contribution < 1.29 is 14.3 Å². The lowest BCUT2D eigenvalue weighted by Gasteiger charge is -2.26. The van der Waals surface area contributed by atoms with E-state index < -0.39 is 5.60 Å². The number of ether oxygens (including phenoxy) is 1. The summed E-state index contributed by atoms with van der Waals surface area (Å²) in [7, 11) is 0. The van der Waals surface area contributed by atoms with Crippen molar-refractivity contribution in [2.24, 2.45) is 0 Å². The van der Waals surface area contributed by atoms with E-state index in [-0.39, 0.29) is 12.0 Å². The lowest BCUT2D eigenvalue weighted by molar-refractivity contribution is -0.117. The lowest BCUT2D eigenvalue weighted by Crippen LogP contribution is -2.38. The van der Waals surface area contributed by atoms with Crippen LogP contribution < -0.4 is 4.90 Å². The van der Waals surface area contributed by atoms with E-state index in [4.69, 9.17) is 16.3 Å². The molecule has 0 aliphatic carbocycles. The molecule has 33 heavy (non-hydrogen) atoms. The molecule has 2 amide bonds.